The number of carbonyl (C=O) groups is 2. The summed E-state index contributed by atoms with van der Waals surface area (Å²) in [6.45, 7) is 2.12. The normalized spacial score (nSPS) is 20.6. The summed E-state index contributed by atoms with van der Waals surface area (Å²) in [5, 5.41) is 30.5. The first-order chi connectivity index (χ1) is 23.1. The van der Waals surface area contributed by atoms with Gasteiger partial charge < -0.3 is 29.2 Å². The summed E-state index contributed by atoms with van der Waals surface area (Å²) in [7, 11) is -4.01. The van der Waals surface area contributed by atoms with Crippen LogP contribution in [0, 0.1) is 5.21 Å². The fourth-order valence-electron chi connectivity index (χ4n) is 5.73. The first kappa shape index (κ1) is 35.7. The lowest BCUT2D eigenvalue weighted by atomic mass is 9.96. The number of nitrogens with one attached hydrogen (secondary N) is 3. The molecule has 3 aromatic rings. The molecule has 0 aliphatic carbocycles. The van der Waals surface area contributed by atoms with Gasteiger partial charge in [-0.1, -0.05) is 18.5 Å². The van der Waals surface area contributed by atoms with E-state index in [1.807, 2.05) is 0 Å². The van der Waals surface area contributed by atoms with Gasteiger partial charge in [-0.3, -0.25) is 20.2 Å². The number of aliphatic hydroxyl groups excluding tert-OH is 1. The van der Waals surface area contributed by atoms with Crippen molar-refractivity contribution in [3.63, 3.8) is 0 Å². The van der Waals surface area contributed by atoms with Crippen molar-refractivity contribution < 1.29 is 42.0 Å². The number of carbonyl (C=O) groups excluding carboxylic acids is 2. The number of hydrogen-bond donors (Lipinski definition) is 4. The van der Waals surface area contributed by atoms with Crippen molar-refractivity contribution in [2.45, 2.75) is 23.9 Å². The zero-order chi connectivity index (χ0) is 34.3. The third kappa shape index (κ3) is 7.97. The Bertz CT molecular complexity index is 1690. The van der Waals surface area contributed by atoms with Gasteiger partial charge in [-0.15, -0.1) is 0 Å². The molecule has 14 nitrogen and oxygen atoms in total. The second kappa shape index (κ2) is 15.7. The summed E-state index contributed by atoms with van der Waals surface area (Å²) < 4.78 is 44.1. The van der Waals surface area contributed by atoms with Gasteiger partial charge in [-0.25, -0.2) is 18.0 Å². The number of benzene rings is 3. The molecule has 16 heteroatoms. The maximum absolute atomic E-state index is 14.8. The van der Waals surface area contributed by atoms with E-state index in [0.29, 0.717) is 41.8 Å². The van der Waals surface area contributed by atoms with Crippen LogP contribution in [0.15, 0.2) is 71.6 Å². The summed E-state index contributed by atoms with van der Waals surface area (Å²) in [6.07, 6.45) is 0. The Morgan fingerprint density at radius 3 is 2.31 bits per heavy atom. The van der Waals surface area contributed by atoms with Crippen LogP contribution in [0.25, 0.3) is 0 Å². The zero-order valence-corrected chi connectivity index (χ0v) is 27.8. The monoisotopic (exact) mass is 703 g/mol. The van der Waals surface area contributed by atoms with E-state index < -0.39 is 45.1 Å². The van der Waals surface area contributed by atoms with E-state index in [2.05, 4.69) is 15.4 Å². The van der Waals surface area contributed by atoms with Crippen molar-refractivity contribution >= 4 is 39.1 Å². The molecule has 2 heterocycles. The number of imide groups is 1. The van der Waals surface area contributed by atoms with Crippen LogP contribution in [0.1, 0.15) is 18.5 Å². The molecule has 258 valence electrons. The molecule has 5 rings (SSSR count). The van der Waals surface area contributed by atoms with Gasteiger partial charge in [0.2, 0.25) is 10.0 Å². The second-order valence-electron chi connectivity index (χ2n) is 11.2. The molecule has 2 unspecified atom stereocenters. The van der Waals surface area contributed by atoms with E-state index in [-0.39, 0.29) is 49.3 Å². The SMILES string of the molecule is CCNS(=O)(=O)c1ccc(N2C(=O)C[N+]([O-])(C3CNCNC3)C(c3ccc(Oc4ccc(Cl)cc4)cc3)C2=O)cc1OCCOCCO. The number of anilines is 1. The van der Waals surface area contributed by atoms with Gasteiger partial charge in [0.05, 0.1) is 38.6 Å². The van der Waals surface area contributed by atoms with Crippen LogP contribution in [-0.4, -0.2) is 95.3 Å². The number of aliphatic hydroxyl groups is 1. The van der Waals surface area contributed by atoms with Crippen molar-refractivity contribution in [1.29, 1.82) is 0 Å². The third-order valence-corrected chi connectivity index (χ3v) is 9.76. The first-order valence-corrected chi connectivity index (χ1v) is 17.3. The Morgan fingerprint density at radius 2 is 1.67 bits per heavy atom. The number of rotatable bonds is 14. The minimum Gasteiger partial charge on any atom is -0.631 e. The average Bonchev–Trinajstić information content (AvgIpc) is 3.07. The molecule has 0 radical (unpaired) electrons. The van der Waals surface area contributed by atoms with E-state index in [0.717, 1.165) is 4.90 Å². The van der Waals surface area contributed by atoms with E-state index in [9.17, 15) is 23.2 Å². The van der Waals surface area contributed by atoms with Gasteiger partial charge in [0.1, 0.15) is 34.8 Å². The summed E-state index contributed by atoms with van der Waals surface area (Å²) in [4.78, 5) is 28.9. The van der Waals surface area contributed by atoms with Crippen molar-refractivity contribution in [2.75, 3.05) is 64.2 Å². The maximum atomic E-state index is 14.8. The summed E-state index contributed by atoms with van der Waals surface area (Å²) in [6, 6.07) is 15.2. The molecule has 48 heavy (non-hydrogen) atoms. The number of ether oxygens (including phenoxy) is 3. The number of piperazine rings is 1. The van der Waals surface area contributed by atoms with Crippen LogP contribution in [0.2, 0.25) is 5.02 Å². The largest absolute Gasteiger partial charge is 0.631 e. The molecular weight excluding hydrogens is 666 g/mol. The molecule has 4 N–H and O–H groups in total. The van der Waals surface area contributed by atoms with E-state index in [4.69, 9.17) is 30.9 Å². The van der Waals surface area contributed by atoms with Crippen LogP contribution < -0.4 is 29.7 Å². The molecule has 3 aromatic carbocycles. The van der Waals surface area contributed by atoms with Crippen molar-refractivity contribution in [1.82, 2.24) is 15.4 Å². The Morgan fingerprint density at radius 1 is 1.00 bits per heavy atom. The average molecular weight is 704 g/mol. The predicted octanol–water partition coefficient (Wildman–Crippen LogP) is 2.27. The van der Waals surface area contributed by atoms with Gasteiger partial charge in [-0.05, 0) is 60.7 Å². The lowest BCUT2D eigenvalue weighted by Crippen LogP contribution is -2.71. The Hall–Kier alpha value is -3.64. The Balaban J connectivity index is 1.50. The predicted molar refractivity (Wildman–Crippen MR) is 177 cm³/mol. The van der Waals surface area contributed by atoms with E-state index in [1.54, 1.807) is 55.5 Å². The van der Waals surface area contributed by atoms with Gasteiger partial charge >= 0.3 is 0 Å². The van der Waals surface area contributed by atoms with Crippen LogP contribution in [0.4, 0.5) is 5.69 Å². The minimum absolute atomic E-state index is 0.0468. The molecule has 2 atom stereocenters. The Labute approximate surface area is 283 Å². The number of nitrogens with zero attached hydrogens (tertiary/aromatic N) is 2. The number of sulfonamides is 1. The highest BCUT2D eigenvalue weighted by molar-refractivity contribution is 7.89. The number of halogens is 1. The topological polar surface area (TPSA) is 179 Å². The number of hydroxylamine groups is 3. The lowest BCUT2D eigenvalue weighted by Gasteiger charge is -2.56. The van der Waals surface area contributed by atoms with E-state index in [1.165, 1.54) is 18.2 Å². The highest BCUT2D eigenvalue weighted by atomic mass is 35.5. The summed E-state index contributed by atoms with van der Waals surface area (Å²) >= 11 is 5.98. The first-order valence-electron chi connectivity index (χ1n) is 15.4. The fourth-order valence-corrected chi connectivity index (χ4v) is 7.02. The summed E-state index contributed by atoms with van der Waals surface area (Å²) in [5.41, 5.74) is 0.427. The minimum atomic E-state index is -4.01. The van der Waals surface area contributed by atoms with Gasteiger partial charge in [0.15, 0.2) is 12.6 Å². The molecular formula is C32H38ClN5O9S. The molecule has 2 fully saturated rings. The lowest BCUT2D eigenvalue weighted by molar-refractivity contribution is -0.918. The molecule has 0 aromatic heterocycles. The molecule has 2 aliphatic heterocycles. The van der Waals surface area contributed by atoms with Gasteiger partial charge in [0.25, 0.3) is 11.8 Å². The van der Waals surface area contributed by atoms with Crippen molar-refractivity contribution in [2.24, 2.45) is 0 Å². The molecule has 0 saturated carbocycles. The van der Waals surface area contributed by atoms with Gasteiger partial charge in [-0.2, -0.15) is 0 Å². The fraction of sp³-hybridized carbons (Fsp3) is 0.375. The van der Waals surface area contributed by atoms with E-state index >= 15 is 0 Å². The van der Waals surface area contributed by atoms with Crippen LogP contribution in [-0.2, 0) is 24.3 Å². The highest BCUT2D eigenvalue weighted by Crippen LogP contribution is 2.40. The molecule has 2 saturated heterocycles. The number of quaternary nitrogens is 1. The molecule has 2 aliphatic rings. The number of hydrogen-bond acceptors (Lipinski definition) is 11. The number of amides is 2. The standard InChI is InChI=1S/C32H38ClN5O9S/c1-2-36-48(43,44)29-12-7-24(17-28(29)46-16-15-45-14-13-39)37-30(40)20-38(42,25-18-34-21-35-19-25)31(32(37)41)22-3-8-26(9-4-22)47-27-10-5-23(33)6-11-27/h3-12,17,25,31,34-36,39H,2,13-16,18-21H2,1H3. The van der Waals surface area contributed by atoms with Crippen molar-refractivity contribution in [3.8, 4) is 17.2 Å². The van der Waals surface area contributed by atoms with Crippen LogP contribution in [0.3, 0.4) is 0 Å². The molecule has 0 bridgehead atoms. The molecule has 2 amide bonds. The molecule has 0 spiro atoms. The Kier molecular flexibility index (Phi) is 11.7. The second-order valence-corrected chi connectivity index (χ2v) is 13.3. The third-order valence-electron chi connectivity index (χ3n) is 7.93. The smallest absolute Gasteiger partial charge is 0.297 e. The summed E-state index contributed by atoms with van der Waals surface area (Å²) in [5.74, 6) is -0.610. The van der Waals surface area contributed by atoms with Crippen LogP contribution in [0.5, 0.6) is 17.2 Å². The quantitative estimate of drug-likeness (QED) is 0.0838. The maximum Gasteiger partial charge on any atom is 0.297 e. The van der Waals surface area contributed by atoms with Crippen molar-refractivity contribution in [3.05, 3.63) is 82.5 Å². The van der Waals surface area contributed by atoms with Crippen LogP contribution >= 0.6 is 11.6 Å². The highest BCUT2D eigenvalue weighted by Gasteiger charge is 2.52. The zero-order valence-electron chi connectivity index (χ0n) is 26.3. The van der Waals surface area contributed by atoms with Gasteiger partial charge in [0, 0.05) is 29.9 Å².